The minimum Gasteiger partial charge on any atom is -0.423 e. The number of Topliss-reactive ketones (excluding diaryl/α,β-unsaturated/α-hetero) is 1. The molecule has 1 heterocycles. The second kappa shape index (κ2) is 4.52. The van der Waals surface area contributed by atoms with Crippen molar-refractivity contribution in [2.45, 2.75) is 39.7 Å². The standard InChI is InChI=1S/C14H19BO3/c1-9(2)7-13(16)10-5-6-11-12(8-10)15(17)18-14(11,3)4/h5-6,8-9,17H,7H2,1-4H3. The second-order valence-electron chi connectivity index (χ2n) is 5.80. The van der Waals surface area contributed by atoms with E-state index < -0.39 is 12.7 Å². The van der Waals surface area contributed by atoms with Crippen molar-refractivity contribution in [1.29, 1.82) is 0 Å². The number of hydrogen-bond acceptors (Lipinski definition) is 3. The molecule has 0 unspecified atom stereocenters. The van der Waals surface area contributed by atoms with Gasteiger partial charge in [0.05, 0.1) is 5.60 Å². The van der Waals surface area contributed by atoms with Crippen LogP contribution in [0.25, 0.3) is 0 Å². The molecule has 0 fully saturated rings. The summed E-state index contributed by atoms with van der Waals surface area (Å²) < 4.78 is 5.48. The lowest BCUT2D eigenvalue weighted by Gasteiger charge is -2.19. The highest BCUT2D eigenvalue weighted by Gasteiger charge is 2.40. The van der Waals surface area contributed by atoms with E-state index in [2.05, 4.69) is 0 Å². The minimum atomic E-state index is -0.929. The van der Waals surface area contributed by atoms with Crippen molar-refractivity contribution < 1.29 is 14.5 Å². The summed E-state index contributed by atoms with van der Waals surface area (Å²) in [7, 11) is -0.929. The Bertz CT molecular complexity index is 480. The van der Waals surface area contributed by atoms with Gasteiger partial charge in [0.25, 0.3) is 0 Å². The molecule has 0 aromatic heterocycles. The monoisotopic (exact) mass is 246 g/mol. The van der Waals surface area contributed by atoms with Crippen molar-refractivity contribution in [2.75, 3.05) is 0 Å². The SMILES string of the molecule is CC(C)CC(=O)c1ccc2c(c1)B(O)OC2(C)C. The number of fused-ring (bicyclic) bond motifs is 1. The van der Waals surface area contributed by atoms with Crippen molar-refractivity contribution in [3.63, 3.8) is 0 Å². The van der Waals surface area contributed by atoms with E-state index in [0.717, 1.165) is 11.0 Å². The first-order valence-electron chi connectivity index (χ1n) is 6.35. The Morgan fingerprint density at radius 1 is 1.44 bits per heavy atom. The fourth-order valence-electron chi connectivity index (χ4n) is 2.38. The molecule has 0 saturated heterocycles. The zero-order valence-corrected chi connectivity index (χ0v) is 11.4. The zero-order chi connectivity index (χ0) is 13.5. The van der Waals surface area contributed by atoms with E-state index in [9.17, 15) is 9.82 Å². The maximum Gasteiger partial charge on any atom is 0.492 e. The van der Waals surface area contributed by atoms with Crippen LogP contribution >= 0.6 is 0 Å². The average molecular weight is 246 g/mol. The Balaban J connectivity index is 2.34. The van der Waals surface area contributed by atoms with E-state index in [1.165, 1.54) is 0 Å². The van der Waals surface area contributed by atoms with Crippen molar-refractivity contribution in [1.82, 2.24) is 0 Å². The van der Waals surface area contributed by atoms with Crippen LogP contribution in [-0.4, -0.2) is 17.9 Å². The smallest absolute Gasteiger partial charge is 0.423 e. The maximum absolute atomic E-state index is 12.0. The molecule has 1 aliphatic rings. The molecule has 0 atom stereocenters. The summed E-state index contributed by atoms with van der Waals surface area (Å²) in [5.41, 5.74) is 1.84. The summed E-state index contributed by atoms with van der Waals surface area (Å²) >= 11 is 0. The minimum absolute atomic E-state index is 0.115. The molecule has 0 spiro atoms. The van der Waals surface area contributed by atoms with Gasteiger partial charge in [-0.2, -0.15) is 0 Å². The number of carbonyl (C=O) groups is 1. The summed E-state index contributed by atoms with van der Waals surface area (Å²) in [5, 5.41) is 9.87. The quantitative estimate of drug-likeness (QED) is 0.654. The van der Waals surface area contributed by atoms with Gasteiger partial charge in [-0.1, -0.05) is 32.0 Å². The lowest BCUT2D eigenvalue weighted by molar-refractivity contribution is 0.0964. The predicted molar refractivity (Wildman–Crippen MR) is 71.9 cm³/mol. The van der Waals surface area contributed by atoms with Gasteiger partial charge in [-0.05, 0) is 30.8 Å². The Morgan fingerprint density at radius 3 is 2.72 bits per heavy atom. The Morgan fingerprint density at radius 2 is 2.11 bits per heavy atom. The molecule has 4 heteroatoms. The van der Waals surface area contributed by atoms with E-state index in [0.29, 0.717) is 17.9 Å². The van der Waals surface area contributed by atoms with E-state index in [-0.39, 0.29) is 5.78 Å². The van der Waals surface area contributed by atoms with Gasteiger partial charge in [-0.3, -0.25) is 4.79 Å². The van der Waals surface area contributed by atoms with Gasteiger partial charge >= 0.3 is 7.12 Å². The number of hydrogen-bond donors (Lipinski definition) is 1. The molecule has 3 nitrogen and oxygen atoms in total. The van der Waals surface area contributed by atoms with Crippen LogP contribution in [0, 0.1) is 5.92 Å². The van der Waals surface area contributed by atoms with Gasteiger partial charge in [0.2, 0.25) is 0 Å². The van der Waals surface area contributed by atoms with Gasteiger partial charge in [0.1, 0.15) is 0 Å². The molecular formula is C14H19BO3. The first-order valence-corrected chi connectivity index (χ1v) is 6.35. The number of ketones is 1. The molecule has 0 bridgehead atoms. The van der Waals surface area contributed by atoms with Crippen LogP contribution in [0.15, 0.2) is 18.2 Å². The highest BCUT2D eigenvalue weighted by molar-refractivity contribution is 6.62. The normalized spacial score (nSPS) is 17.1. The van der Waals surface area contributed by atoms with Crippen molar-refractivity contribution in [2.24, 2.45) is 5.92 Å². The van der Waals surface area contributed by atoms with Crippen LogP contribution in [0.3, 0.4) is 0 Å². The third-order valence-electron chi connectivity index (χ3n) is 3.29. The van der Waals surface area contributed by atoms with E-state index in [1.54, 1.807) is 6.07 Å². The highest BCUT2D eigenvalue weighted by Crippen LogP contribution is 2.30. The predicted octanol–water partition coefficient (Wildman–Crippen LogP) is 1.87. The van der Waals surface area contributed by atoms with Crippen molar-refractivity contribution in [3.05, 3.63) is 29.3 Å². The Kier molecular flexibility index (Phi) is 3.34. The fourth-order valence-corrected chi connectivity index (χ4v) is 2.38. The van der Waals surface area contributed by atoms with Crippen LogP contribution in [0.1, 0.15) is 50.0 Å². The summed E-state index contributed by atoms with van der Waals surface area (Å²) in [6.45, 7) is 7.87. The molecule has 0 radical (unpaired) electrons. The first-order chi connectivity index (χ1) is 8.31. The first kappa shape index (κ1) is 13.3. The van der Waals surface area contributed by atoms with Crippen molar-refractivity contribution >= 4 is 18.4 Å². The maximum atomic E-state index is 12.0. The molecule has 2 rings (SSSR count). The van der Waals surface area contributed by atoms with E-state index in [1.807, 2.05) is 39.8 Å². The largest absolute Gasteiger partial charge is 0.492 e. The molecule has 0 saturated carbocycles. The molecular weight excluding hydrogens is 227 g/mol. The molecule has 18 heavy (non-hydrogen) atoms. The average Bonchev–Trinajstić information content (AvgIpc) is 2.48. The lowest BCUT2D eigenvalue weighted by Crippen LogP contribution is -2.29. The molecule has 1 N–H and O–H groups in total. The summed E-state index contributed by atoms with van der Waals surface area (Å²) in [5.74, 6) is 0.452. The molecule has 96 valence electrons. The molecule has 0 amide bonds. The second-order valence-corrected chi connectivity index (χ2v) is 5.80. The van der Waals surface area contributed by atoms with Gasteiger partial charge in [0.15, 0.2) is 5.78 Å². The molecule has 1 aromatic carbocycles. The fraction of sp³-hybridized carbons (Fsp3) is 0.500. The van der Waals surface area contributed by atoms with Gasteiger partial charge in [-0.15, -0.1) is 0 Å². The van der Waals surface area contributed by atoms with Crippen LogP contribution in [-0.2, 0) is 10.3 Å². The molecule has 1 aliphatic heterocycles. The number of benzene rings is 1. The van der Waals surface area contributed by atoms with Gasteiger partial charge in [-0.25, -0.2) is 0 Å². The topological polar surface area (TPSA) is 46.5 Å². The van der Waals surface area contributed by atoms with E-state index >= 15 is 0 Å². The highest BCUT2D eigenvalue weighted by atomic mass is 16.5. The van der Waals surface area contributed by atoms with Crippen LogP contribution in [0.5, 0.6) is 0 Å². The number of rotatable bonds is 3. The third-order valence-corrected chi connectivity index (χ3v) is 3.29. The third kappa shape index (κ3) is 2.35. The van der Waals surface area contributed by atoms with Crippen LogP contribution in [0.4, 0.5) is 0 Å². The lowest BCUT2D eigenvalue weighted by atomic mass is 9.77. The molecule has 0 aliphatic carbocycles. The van der Waals surface area contributed by atoms with Crippen LogP contribution in [0.2, 0.25) is 0 Å². The summed E-state index contributed by atoms with van der Waals surface area (Å²) in [4.78, 5) is 12.0. The van der Waals surface area contributed by atoms with Gasteiger partial charge in [0, 0.05) is 12.0 Å². The Hall–Kier alpha value is -1.13. The summed E-state index contributed by atoms with van der Waals surface area (Å²) in [6.07, 6.45) is 0.527. The van der Waals surface area contributed by atoms with Crippen LogP contribution < -0.4 is 5.46 Å². The number of carbonyl (C=O) groups excluding carboxylic acids is 1. The Labute approximate surface area is 108 Å². The molecule has 1 aromatic rings. The van der Waals surface area contributed by atoms with E-state index in [4.69, 9.17) is 4.65 Å². The zero-order valence-electron chi connectivity index (χ0n) is 11.4. The summed E-state index contributed by atoms with van der Waals surface area (Å²) in [6, 6.07) is 5.48. The van der Waals surface area contributed by atoms with Gasteiger partial charge < -0.3 is 9.68 Å². The van der Waals surface area contributed by atoms with Crippen molar-refractivity contribution in [3.8, 4) is 0 Å².